The number of carbonyl (C=O) groups excluding carboxylic acids is 1. The standard InChI is InChI=1S/C18H14ClN3O4/c19-13-7-5-11(6-8-13)17-21-15(22-26-17)10-20-16(23)9-12-3-1-2-4-14(12)18(24)25/h1-8H,9-10H2,(H,20,23)(H,24,25). The van der Waals surface area contributed by atoms with E-state index in [0.29, 0.717) is 22.3 Å². The summed E-state index contributed by atoms with van der Waals surface area (Å²) in [5.74, 6) is -0.771. The fraction of sp³-hybridized carbons (Fsp3) is 0.111. The molecule has 0 radical (unpaired) electrons. The lowest BCUT2D eigenvalue weighted by molar-refractivity contribution is -0.120. The molecule has 0 unspecified atom stereocenters. The molecule has 0 saturated carbocycles. The highest BCUT2D eigenvalue weighted by molar-refractivity contribution is 6.30. The molecule has 7 nitrogen and oxygen atoms in total. The normalized spacial score (nSPS) is 10.5. The van der Waals surface area contributed by atoms with Gasteiger partial charge in [-0.2, -0.15) is 4.98 Å². The Morgan fingerprint density at radius 3 is 2.58 bits per heavy atom. The second-order valence-corrected chi connectivity index (χ2v) is 5.87. The monoisotopic (exact) mass is 371 g/mol. The Morgan fingerprint density at radius 2 is 1.85 bits per heavy atom. The van der Waals surface area contributed by atoms with Crippen LogP contribution in [0.2, 0.25) is 5.02 Å². The zero-order chi connectivity index (χ0) is 18.5. The number of nitrogens with one attached hydrogen (secondary N) is 1. The summed E-state index contributed by atoms with van der Waals surface area (Å²) in [6.07, 6.45) is -0.0512. The van der Waals surface area contributed by atoms with Gasteiger partial charge in [0.15, 0.2) is 5.82 Å². The number of aromatic carboxylic acids is 1. The molecule has 1 heterocycles. The van der Waals surface area contributed by atoms with E-state index in [1.165, 1.54) is 6.07 Å². The average Bonchev–Trinajstić information content (AvgIpc) is 3.10. The van der Waals surface area contributed by atoms with Crippen LogP contribution in [0.15, 0.2) is 53.1 Å². The Labute approximate surface area is 153 Å². The van der Waals surface area contributed by atoms with E-state index in [-0.39, 0.29) is 24.4 Å². The van der Waals surface area contributed by atoms with Crippen LogP contribution in [0.3, 0.4) is 0 Å². The van der Waals surface area contributed by atoms with Gasteiger partial charge in [-0.25, -0.2) is 4.79 Å². The van der Waals surface area contributed by atoms with E-state index < -0.39 is 5.97 Å². The number of hydrogen-bond donors (Lipinski definition) is 2. The van der Waals surface area contributed by atoms with Gasteiger partial charge in [0.2, 0.25) is 5.91 Å². The van der Waals surface area contributed by atoms with Crippen molar-refractivity contribution in [1.82, 2.24) is 15.5 Å². The van der Waals surface area contributed by atoms with Gasteiger partial charge in [0.05, 0.1) is 18.5 Å². The lowest BCUT2D eigenvalue weighted by Gasteiger charge is -2.06. The molecular weight excluding hydrogens is 358 g/mol. The topological polar surface area (TPSA) is 105 Å². The van der Waals surface area contributed by atoms with E-state index in [2.05, 4.69) is 15.5 Å². The number of carboxylic acids is 1. The molecule has 0 aliphatic rings. The first kappa shape index (κ1) is 17.6. The molecule has 3 rings (SSSR count). The third kappa shape index (κ3) is 4.25. The molecular formula is C18H14ClN3O4. The van der Waals surface area contributed by atoms with E-state index in [4.69, 9.17) is 21.2 Å². The van der Waals surface area contributed by atoms with Crippen LogP contribution < -0.4 is 5.32 Å². The lowest BCUT2D eigenvalue weighted by atomic mass is 10.0. The molecule has 0 aliphatic heterocycles. The van der Waals surface area contributed by atoms with Gasteiger partial charge in [0.25, 0.3) is 5.89 Å². The van der Waals surface area contributed by atoms with Crippen molar-refractivity contribution >= 4 is 23.5 Å². The summed E-state index contributed by atoms with van der Waals surface area (Å²) >= 11 is 5.84. The van der Waals surface area contributed by atoms with Crippen molar-refractivity contribution in [2.45, 2.75) is 13.0 Å². The number of benzene rings is 2. The van der Waals surface area contributed by atoms with Crippen molar-refractivity contribution in [1.29, 1.82) is 0 Å². The van der Waals surface area contributed by atoms with Crippen LogP contribution in [-0.4, -0.2) is 27.1 Å². The van der Waals surface area contributed by atoms with Crippen LogP contribution in [0.5, 0.6) is 0 Å². The molecule has 2 N–H and O–H groups in total. The molecule has 0 fully saturated rings. The smallest absolute Gasteiger partial charge is 0.335 e. The fourth-order valence-corrected chi connectivity index (χ4v) is 2.46. The highest BCUT2D eigenvalue weighted by Gasteiger charge is 2.14. The second-order valence-electron chi connectivity index (χ2n) is 5.44. The van der Waals surface area contributed by atoms with E-state index >= 15 is 0 Å². The van der Waals surface area contributed by atoms with Gasteiger partial charge < -0.3 is 14.9 Å². The summed E-state index contributed by atoms with van der Waals surface area (Å²) in [6.45, 7) is 0.0746. The Balaban J connectivity index is 1.60. The molecule has 2 aromatic carbocycles. The quantitative estimate of drug-likeness (QED) is 0.690. The van der Waals surface area contributed by atoms with E-state index in [1.54, 1.807) is 42.5 Å². The van der Waals surface area contributed by atoms with Crippen LogP contribution in [0.1, 0.15) is 21.7 Å². The summed E-state index contributed by atoms with van der Waals surface area (Å²) < 4.78 is 5.16. The molecule has 3 aromatic rings. The Kier molecular flexibility index (Phi) is 5.28. The highest BCUT2D eigenvalue weighted by Crippen LogP contribution is 2.19. The molecule has 0 atom stereocenters. The zero-order valence-electron chi connectivity index (χ0n) is 13.5. The second kappa shape index (κ2) is 7.79. The van der Waals surface area contributed by atoms with Crippen LogP contribution in [0.25, 0.3) is 11.5 Å². The minimum atomic E-state index is -1.07. The van der Waals surface area contributed by atoms with E-state index in [1.807, 2.05) is 0 Å². The first-order valence-electron chi connectivity index (χ1n) is 7.69. The van der Waals surface area contributed by atoms with Crippen molar-refractivity contribution in [3.63, 3.8) is 0 Å². The number of halogens is 1. The van der Waals surface area contributed by atoms with Gasteiger partial charge >= 0.3 is 5.97 Å². The molecule has 1 aromatic heterocycles. The van der Waals surface area contributed by atoms with Gasteiger partial charge in [-0.1, -0.05) is 35.0 Å². The van der Waals surface area contributed by atoms with Crippen LogP contribution in [0, 0.1) is 0 Å². The molecule has 0 spiro atoms. The Morgan fingerprint density at radius 1 is 1.12 bits per heavy atom. The number of amides is 1. The maximum Gasteiger partial charge on any atom is 0.335 e. The summed E-state index contributed by atoms with van der Waals surface area (Å²) in [6, 6.07) is 13.3. The predicted molar refractivity (Wildman–Crippen MR) is 93.7 cm³/mol. The molecule has 0 saturated heterocycles. The predicted octanol–water partition coefficient (Wildman–Crippen LogP) is 2.95. The van der Waals surface area contributed by atoms with Crippen LogP contribution in [-0.2, 0) is 17.8 Å². The third-order valence-electron chi connectivity index (χ3n) is 3.60. The number of carboxylic acid groups (broad SMARTS) is 1. The van der Waals surface area contributed by atoms with Crippen LogP contribution in [0.4, 0.5) is 0 Å². The third-order valence-corrected chi connectivity index (χ3v) is 3.85. The largest absolute Gasteiger partial charge is 0.478 e. The minimum absolute atomic E-state index is 0.0512. The number of carbonyl (C=O) groups is 2. The van der Waals surface area contributed by atoms with Crippen molar-refractivity contribution in [2.75, 3.05) is 0 Å². The number of rotatable bonds is 6. The minimum Gasteiger partial charge on any atom is -0.478 e. The van der Waals surface area contributed by atoms with Gasteiger partial charge in [0, 0.05) is 10.6 Å². The molecule has 0 bridgehead atoms. The molecule has 26 heavy (non-hydrogen) atoms. The van der Waals surface area contributed by atoms with Gasteiger partial charge in [0.1, 0.15) is 0 Å². The maximum atomic E-state index is 12.1. The molecule has 8 heteroatoms. The summed E-state index contributed by atoms with van der Waals surface area (Å²) in [4.78, 5) is 27.4. The average molecular weight is 372 g/mol. The van der Waals surface area contributed by atoms with Gasteiger partial charge in [-0.15, -0.1) is 0 Å². The summed E-state index contributed by atoms with van der Waals surface area (Å²) in [7, 11) is 0. The summed E-state index contributed by atoms with van der Waals surface area (Å²) in [5.41, 5.74) is 1.26. The van der Waals surface area contributed by atoms with Crippen LogP contribution >= 0.6 is 11.6 Å². The Hall–Kier alpha value is -3.19. The van der Waals surface area contributed by atoms with Crippen molar-refractivity contribution in [3.05, 3.63) is 70.5 Å². The molecule has 132 valence electrons. The van der Waals surface area contributed by atoms with Crippen molar-refractivity contribution in [2.24, 2.45) is 0 Å². The number of hydrogen-bond acceptors (Lipinski definition) is 5. The number of nitrogens with zero attached hydrogens (tertiary/aromatic N) is 2. The molecule has 0 aliphatic carbocycles. The zero-order valence-corrected chi connectivity index (χ0v) is 14.2. The molecule has 1 amide bonds. The maximum absolute atomic E-state index is 12.1. The first-order chi connectivity index (χ1) is 12.5. The van der Waals surface area contributed by atoms with Gasteiger partial charge in [-0.3, -0.25) is 4.79 Å². The summed E-state index contributed by atoms with van der Waals surface area (Å²) in [5, 5.41) is 16.2. The van der Waals surface area contributed by atoms with Gasteiger partial charge in [-0.05, 0) is 35.9 Å². The van der Waals surface area contributed by atoms with Crippen molar-refractivity contribution in [3.8, 4) is 11.5 Å². The Bertz CT molecular complexity index is 938. The lowest BCUT2D eigenvalue weighted by Crippen LogP contribution is -2.25. The highest BCUT2D eigenvalue weighted by atomic mass is 35.5. The first-order valence-corrected chi connectivity index (χ1v) is 8.07. The fourth-order valence-electron chi connectivity index (χ4n) is 2.33. The van der Waals surface area contributed by atoms with Crippen molar-refractivity contribution < 1.29 is 19.2 Å². The van der Waals surface area contributed by atoms with E-state index in [9.17, 15) is 9.59 Å². The SMILES string of the molecule is O=C(Cc1ccccc1C(=O)O)NCc1noc(-c2ccc(Cl)cc2)n1. The van der Waals surface area contributed by atoms with E-state index in [0.717, 1.165) is 5.56 Å². The number of aromatic nitrogens is 2.